The Morgan fingerprint density at radius 1 is 1.42 bits per heavy atom. The zero-order valence-corrected chi connectivity index (χ0v) is 14.6. The Bertz CT molecular complexity index is 617. The van der Waals surface area contributed by atoms with E-state index in [1.165, 1.54) is 12.1 Å². The SMILES string of the molecule is C=CCN(CC1CC(c2ccc(F)cc2)=NO1)C(=O)CC(C)(C)C. The number of carbonyl (C=O) groups is 1. The molecule has 1 aliphatic heterocycles. The smallest absolute Gasteiger partial charge is 0.223 e. The summed E-state index contributed by atoms with van der Waals surface area (Å²) in [7, 11) is 0. The predicted octanol–water partition coefficient (Wildman–Crippen LogP) is 3.77. The molecule has 1 aliphatic rings. The first-order chi connectivity index (χ1) is 11.3. The fourth-order valence-electron chi connectivity index (χ4n) is 2.58. The summed E-state index contributed by atoms with van der Waals surface area (Å²) < 4.78 is 13.0. The Hall–Kier alpha value is -2.17. The van der Waals surface area contributed by atoms with Crippen LogP contribution in [0.2, 0.25) is 0 Å². The maximum atomic E-state index is 13.0. The molecule has 1 unspecified atom stereocenters. The fourth-order valence-corrected chi connectivity index (χ4v) is 2.58. The first-order valence-corrected chi connectivity index (χ1v) is 8.16. The van der Waals surface area contributed by atoms with E-state index in [0.29, 0.717) is 25.9 Å². The third-order valence-corrected chi connectivity index (χ3v) is 3.72. The molecule has 0 aromatic heterocycles. The third kappa shape index (κ3) is 5.18. The van der Waals surface area contributed by atoms with E-state index in [1.54, 1.807) is 23.1 Å². The van der Waals surface area contributed by atoms with Crippen LogP contribution in [0.3, 0.4) is 0 Å². The number of carbonyl (C=O) groups excluding carboxylic acids is 1. The lowest BCUT2D eigenvalue weighted by Gasteiger charge is -2.27. The molecule has 1 heterocycles. The van der Waals surface area contributed by atoms with Gasteiger partial charge in [-0.3, -0.25) is 4.79 Å². The summed E-state index contributed by atoms with van der Waals surface area (Å²) in [4.78, 5) is 19.7. The van der Waals surface area contributed by atoms with Gasteiger partial charge in [0.25, 0.3) is 0 Å². The van der Waals surface area contributed by atoms with Crippen molar-refractivity contribution in [1.29, 1.82) is 0 Å². The number of hydrogen-bond acceptors (Lipinski definition) is 3. The summed E-state index contributed by atoms with van der Waals surface area (Å²) in [5.74, 6) is -0.194. The second-order valence-electron chi connectivity index (χ2n) is 7.30. The topological polar surface area (TPSA) is 41.9 Å². The average molecular weight is 332 g/mol. The van der Waals surface area contributed by atoms with E-state index >= 15 is 0 Å². The zero-order valence-electron chi connectivity index (χ0n) is 14.6. The lowest BCUT2D eigenvalue weighted by atomic mass is 9.91. The highest BCUT2D eigenvalue weighted by atomic mass is 19.1. The van der Waals surface area contributed by atoms with Crippen molar-refractivity contribution in [2.24, 2.45) is 10.6 Å². The lowest BCUT2D eigenvalue weighted by Crippen LogP contribution is -2.39. The van der Waals surface area contributed by atoms with E-state index in [9.17, 15) is 9.18 Å². The Morgan fingerprint density at radius 2 is 2.08 bits per heavy atom. The van der Waals surface area contributed by atoms with Gasteiger partial charge in [0, 0.05) is 19.4 Å². The van der Waals surface area contributed by atoms with Gasteiger partial charge in [0.05, 0.1) is 12.3 Å². The van der Waals surface area contributed by atoms with Gasteiger partial charge in [-0.1, -0.05) is 44.1 Å². The number of oxime groups is 1. The first kappa shape index (κ1) is 18.2. The van der Waals surface area contributed by atoms with Crippen molar-refractivity contribution in [2.45, 2.75) is 39.7 Å². The molecule has 1 aromatic rings. The standard InChI is InChI=1S/C19H25FN2O2/c1-5-10-22(18(23)12-19(2,3)4)13-16-11-17(21-24-16)14-6-8-15(20)9-7-14/h5-9,16H,1,10-13H2,2-4H3. The van der Waals surface area contributed by atoms with Gasteiger partial charge in [-0.15, -0.1) is 6.58 Å². The van der Waals surface area contributed by atoms with E-state index in [1.807, 2.05) is 20.8 Å². The molecular formula is C19H25FN2O2. The molecule has 130 valence electrons. The quantitative estimate of drug-likeness (QED) is 0.744. The van der Waals surface area contributed by atoms with E-state index in [2.05, 4.69) is 11.7 Å². The Labute approximate surface area is 143 Å². The van der Waals surface area contributed by atoms with Crippen molar-refractivity contribution >= 4 is 11.6 Å². The van der Waals surface area contributed by atoms with Gasteiger partial charge in [0.2, 0.25) is 5.91 Å². The molecule has 0 saturated carbocycles. The summed E-state index contributed by atoms with van der Waals surface area (Å²) in [5, 5.41) is 4.09. The van der Waals surface area contributed by atoms with Crippen LogP contribution in [-0.4, -0.2) is 35.7 Å². The van der Waals surface area contributed by atoms with E-state index in [4.69, 9.17) is 4.84 Å². The fraction of sp³-hybridized carbons (Fsp3) is 0.474. The van der Waals surface area contributed by atoms with Crippen LogP contribution < -0.4 is 0 Å². The minimum Gasteiger partial charge on any atom is -0.390 e. The summed E-state index contributed by atoms with van der Waals surface area (Å²) in [6.45, 7) is 10.8. The van der Waals surface area contributed by atoms with Gasteiger partial charge in [0.15, 0.2) is 6.10 Å². The van der Waals surface area contributed by atoms with Crippen LogP contribution in [0.15, 0.2) is 42.1 Å². The van der Waals surface area contributed by atoms with Crippen LogP contribution >= 0.6 is 0 Å². The summed E-state index contributed by atoms with van der Waals surface area (Å²) in [6.07, 6.45) is 2.60. The largest absolute Gasteiger partial charge is 0.390 e. The molecule has 1 amide bonds. The Balaban J connectivity index is 1.96. The number of rotatable bonds is 6. The molecule has 0 N–H and O–H groups in total. The molecule has 0 spiro atoms. The monoisotopic (exact) mass is 332 g/mol. The maximum absolute atomic E-state index is 13.0. The lowest BCUT2D eigenvalue weighted by molar-refractivity contribution is -0.134. The molecule has 2 rings (SSSR count). The molecule has 1 atom stereocenters. The van der Waals surface area contributed by atoms with Gasteiger partial charge < -0.3 is 9.74 Å². The van der Waals surface area contributed by atoms with Crippen molar-refractivity contribution < 1.29 is 14.0 Å². The molecule has 0 aliphatic carbocycles. The zero-order chi connectivity index (χ0) is 17.7. The minimum atomic E-state index is -0.278. The Morgan fingerprint density at radius 3 is 2.67 bits per heavy atom. The maximum Gasteiger partial charge on any atom is 0.223 e. The van der Waals surface area contributed by atoms with E-state index < -0.39 is 0 Å². The molecule has 0 saturated heterocycles. The van der Waals surface area contributed by atoms with E-state index in [-0.39, 0.29) is 23.2 Å². The predicted molar refractivity (Wildman–Crippen MR) is 93.3 cm³/mol. The summed E-state index contributed by atoms with van der Waals surface area (Å²) in [6, 6.07) is 6.18. The van der Waals surface area contributed by atoms with Crippen molar-refractivity contribution in [3.8, 4) is 0 Å². The van der Waals surface area contributed by atoms with Crippen LogP contribution in [0.5, 0.6) is 0 Å². The normalized spacial score (nSPS) is 17.2. The molecule has 0 fully saturated rings. The minimum absolute atomic E-state index is 0.0667. The average Bonchev–Trinajstić information content (AvgIpc) is 2.94. The van der Waals surface area contributed by atoms with Crippen LogP contribution in [0.1, 0.15) is 39.2 Å². The number of hydrogen-bond donors (Lipinski definition) is 0. The van der Waals surface area contributed by atoms with Crippen molar-refractivity contribution in [2.75, 3.05) is 13.1 Å². The van der Waals surface area contributed by atoms with Gasteiger partial charge in [-0.2, -0.15) is 0 Å². The number of halogens is 1. The number of nitrogens with zero attached hydrogens (tertiary/aromatic N) is 2. The van der Waals surface area contributed by atoms with Gasteiger partial charge in [-0.25, -0.2) is 4.39 Å². The number of benzene rings is 1. The molecule has 1 aromatic carbocycles. The van der Waals surface area contributed by atoms with Gasteiger partial charge in [0.1, 0.15) is 5.82 Å². The Kier molecular flexibility index (Phi) is 5.75. The van der Waals surface area contributed by atoms with Crippen molar-refractivity contribution in [1.82, 2.24) is 4.90 Å². The summed E-state index contributed by atoms with van der Waals surface area (Å²) in [5.41, 5.74) is 1.56. The highest BCUT2D eigenvalue weighted by molar-refractivity contribution is 6.01. The molecule has 0 bridgehead atoms. The van der Waals surface area contributed by atoms with Gasteiger partial charge >= 0.3 is 0 Å². The number of amides is 1. The van der Waals surface area contributed by atoms with E-state index in [0.717, 1.165) is 11.3 Å². The highest BCUT2D eigenvalue weighted by Crippen LogP contribution is 2.22. The highest BCUT2D eigenvalue weighted by Gasteiger charge is 2.28. The van der Waals surface area contributed by atoms with Crippen LogP contribution in [0.4, 0.5) is 4.39 Å². The molecule has 4 nitrogen and oxygen atoms in total. The second kappa shape index (κ2) is 7.60. The molecule has 24 heavy (non-hydrogen) atoms. The second-order valence-corrected chi connectivity index (χ2v) is 7.30. The third-order valence-electron chi connectivity index (χ3n) is 3.72. The molecular weight excluding hydrogens is 307 g/mol. The van der Waals surface area contributed by atoms with Crippen LogP contribution in [0.25, 0.3) is 0 Å². The van der Waals surface area contributed by atoms with Crippen LogP contribution in [0, 0.1) is 11.2 Å². The van der Waals surface area contributed by atoms with Gasteiger partial charge in [-0.05, 0) is 23.1 Å². The van der Waals surface area contributed by atoms with Crippen LogP contribution in [-0.2, 0) is 9.63 Å². The summed E-state index contributed by atoms with van der Waals surface area (Å²) >= 11 is 0. The van der Waals surface area contributed by atoms with Crippen molar-refractivity contribution in [3.63, 3.8) is 0 Å². The molecule has 5 heteroatoms. The van der Waals surface area contributed by atoms with Crippen molar-refractivity contribution in [3.05, 3.63) is 48.3 Å². The molecule has 0 radical (unpaired) electrons. The first-order valence-electron chi connectivity index (χ1n) is 8.16.